The van der Waals surface area contributed by atoms with Crippen LogP contribution in [0.4, 0.5) is 0 Å². The van der Waals surface area contributed by atoms with E-state index in [9.17, 15) is 4.79 Å². The molecule has 1 N–H and O–H groups in total. The number of amides is 1. The molecule has 0 bridgehead atoms. The van der Waals surface area contributed by atoms with E-state index in [1.165, 1.54) is 12.8 Å². The van der Waals surface area contributed by atoms with Crippen LogP contribution >= 0.6 is 15.9 Å². The second-order valence-electron chi connectivity index (χ2n) is 5.36. The molecule has 1 aromatic rings. The van der Waals surface area contributed by atoms with Crippen molar-refractivity contribution in [2.45, 2.75) is 37.8 Å². The molecule has 102 valence electrons. The molecule has 1 saturated carbocycles. The summed E-state index contributed by atoms with van der Waals surface area (Å²) < 4.78 is 0.698. The number of carbonyl (C=O) groups is 1. The average molecular weight is 324 g/mol. The quantitative estimate of drug-likeness (QED) is 0.867. The fourth-order valence-electron chi connectivity index (χ4n) is 2.64. The highest BCUT2D eigenvalue weighted by Gasteiger charge is 2.32. The Morgan fingerprint density at radius 3 is 2.63 bits per heavy atom. The van der Waals surface area contributed by atoms with Crippen LogP contribution in [0, 0.1) is 0 Å². The Morgan fingerprint density at radius 1 is 1.26 bits per heavy atom. The maximum Gasteiger partial charge on any atom is 0.270 e. The summed E-state index contributed by atoms with van der Waals surface area (Å²) in [5.74, 6) is -0.0637. The van der Waals surface area contributed by atoms with Crippen molar-refractivity contribution in [3.8, 4) is 0 Å². The van der Waals surface area contributed by atoms with Crippen LogP contribution in [0.3, 0.4) is 0 Å². The molecular weight excluding hydrogens is 306 g/mol. The van der Waals surface area contributed by atoms with E-state index in [-0.39, 0.29) is 5.91 Å². The lowest BCUT2D eigenvalue weighted by Gasteiger charge is -2.32. The molecule has 1 aliphatic heterocycles. The number of halogens is 1. The van der Waals surface area contributed by atoms with E-state index in [0.29, 0.717) is 16.3 Å². The van der Waals surface area contributed by atoms with Gasteiger partial charge in [0.2, 0.25) is 0 Å². The van der Waals surface area contributed by atoms with Gasteiger partial charge in [0.1, 0.15) is 10.3 Å². The van der Waals surface area contributed by atoms with Gasteiger partial charge in [0, 0.05) is 25.2 Å². The van der Waals surface area contributed by atoms with Crippen LogP contribution in [0.15, 0.2) is 22.8 Å². The Bertz CT molecular complexity index is 468. The van der Waals surface area contributed by atoms with Gasteiger partial charge < -0.3 is 10.2 Å². The van der Waals surface area contributed by atoms with E-state index >= 15 is 0 Å². The van der Waals surface area contributed by atoms with Crippen LogP contribution in [0.5, 0.6) is 0 Å². The largest absolute Gasteiger partial charge is 0.348 e. The minimum atomic E-state index is -0.0637. The van der Waals surface area contributed by atoms with Gasteiger partial charge in [-0.25, -0.2) is 4.98 Å². The first kappa shape index (κ1) is 13.1. The van der Waals surface area contributed by atoms with Gasteiger partial charge in [0.05, 0.1) is 0 Å². The maximum atomic E-state index is 12.1. The summed E-state index contributed by atoms with van der Waals surface area (Å²) >= 11 is 3.29. The van der Waals surface area contributed by atoms with Gasteiger partial charge in [-0.2, -0.15) is 0 Å². The van der Waals surface area contributed by atoms with Crippen LogP contribution < -0.4 is 5.32 Å². The van der Waals surface area contributed by atoms with Crippen LogP contribution in [0.25, 0.3) is 0 Å². The summed E-state index contributed by atoms with van der Waals surface area (Å²) in [5, 5.41) is 3.09. The van der Waals surface area contributed by atoms with Gasteiger partial charge in [-0.15, -0.1) is 0 Å². The third-order valence-corrected chi connectivity index (χ3v) is 4.32. The average Bonchev–Trinajstić information content (AvgIpc) is 3.24. The third kappa shape index (κ3) is 3.34. The van der Waals surface area contributed by atoms with Crippen molar-refractivity contribution < 1.29 is 4.79 Å². The number of piperidine rings is 1. The van der Waals surface area contributed by atoms with E-state index in [2.05, 4.69) is 31.1 Å². The minimum absolute atomic E-state index is 0.0637. The molecular formula is C14H18BrN3O. The number of likely N-dealkylation sites (tertiary alicyclic amines) is 1. The monoisotopic (exact) mass is 323 g/mol. The molecule has 2 aliphatic rings. The normalized spacial score (nSPS) is 21.3. The molecule has 0 unspecified atom stereocenters. The number of rotatable bonds is 3. The number of pyridine rings is 1. The molecule has 3 rings (SSSR count). The van der Waals surface area contributed by atoms with E-state index in [1.807, 2.05) is 12.1 Å². The van der Waals surface area contributed by atoms with Gasteiger partial charge in [0.25, 0.3) is 5.91 Å². The van der Waals surface area contributed by atoms with Crippen molar-refractivity contribution >= 4 is 21.8 Å². The first-order valence-corrected chi connectivity index (χ1v) is 7.69. The van der Waals surface area contributed by atoms with Crippen LogP contribution in [0.2, 0.25) is 0 Å². The summed E-state index contributed by atoms with van der Waals surface area (Å²) in [5.41, 5.74) is 0.485. The molecule has 1 aromatic heterocycles. The molecule has 19 heavy (non-hydrogen) atoms. The van der Waals surface area contributed by atoms with Crippen LogP contribution in [-0.4, -0.2) is 41.0 Å². The van der Waals surface area contributed by atoms with Gasteiger partial charge in [-0.1, -0.05) is 6.07 Å². The maximum absolute atomic E-state index is 12.1. The summed E-state index contributed by atoms with van der Waals surface area (Å²) in [6.45, 7) is 2.23. The molecule has 0 spiro atoms. The first-order chi connectivity index (χ1) is 9.22. The smallest absolute Gasteiger partial charge is 0.270 e. The van der Waals surface area contributed by atoms with Crippen molar-refractivity contribution in [1.82, 2.24) is 15.2 Å². The second kappa shape index (κ2) is 5.59. The van der Waals surface area contributed by atoms with E-state index < -0.39 is 0 Å². The van der Waals surface area contributed by atoms with Crippen molar-refractivity contribution in [3.05, 3.63) is 28.5 Å². The van der Waals surface area contributed by atoms with Crippen molar-refractivity contribution in [3.63, 3.8) is 0 Å². The Balaban J connectivity index is 1.52. The predicted molar refractivity (Wildman–Crippen MR) is 77.0 cm³/mol. The number of nitrogens with one attached hydrogen (secondary N) is 1. The lowest BCUT2D eigenvalue weighted by Crippen LogP contribution is -2.45. The molecule has 0 radical (unpaired) electrons. The Labute approximate surface area is 121 Å². The molecule has 0 atom stereocenters. The fraction of sp³-hybridized carbons (Fsp3) is 0.571. The number of nitrogens with zero attached hydrogens (tertiary/aromatic N) is 2. The van der Waals surface area contributed by atoms with Crippen molar-refractivity contribution in [2.75, 3.05) is 13.1 Å². The highest BCUT2D eigenvalue weighted by atomic mass is 79.9. The summed E-state index contributed by atoms with van der Waals surface area (Å²) in [7, 11) is 0. The zero-order valence-electron chi connectivity index (χ0n) is 10.8. The minimum Gasteiger partial charge on any atom is -0.348 e. The molecule has 0 aromatic carbocycles. The van der Waals surface area contributed by atoms with Gasteiger partial charge >= 0.3 is 0 Å². The second-order valence-corrected chi connectivity index (χ2v) is 6.17. The molecule has 1 saturated heterocycles. The topological polar surface area (TPSA) is 45.2 Å². The summed E-state index contributed by atoms with van der Waals surface area (Å²) in [6, 6.07) is 6.54. The van der Waals surface area contributed by atoms with E-state index in [4.69, 9.17) is 0 Å². The molecule has 1 aliphatic carbocycles. The molecule has 4 nitrogen and oxygen atoms in total. The van der Waals surface area contributed by atoms with Crippen LogP contribution in [-0.2, 0) is 0 Å². The zero-order valence-corrected chi connectivity index (χ0v) is 12.4. The lowest BCUT2D eigenvalue weighted by atomic mass is 10.0. The highest BCUT2D eigenvalue weighted by molar-refractivity contribution is 9.10. The highest BCUT2D eigenvalue weighted by Crippen LogP contribution is 2.29. The zero-order chi connectivity index (χ0) is 13.2. The van der Waals surface area contributed by atoms with Gasteiger partial charge in [-0.05, 0) is 53.7 Å². The Kier molecular flexibility index (Phi) is 3.84. The number of hydrogen-bond donors (Lipinski definition) is 1. The number of carbonyl (C=O) groups excluding carboxylic acids is 1. The Morgan fingerprint density at radius 2 is 2.00 bits per heavy atom. The van der Waals surface area contributed by atoms with Crippen molar-refractivity contribution in [2.24, 2.45) is 0 Å². The van der Waals surface area contributed by atoms with Crippen molar-refractivity contribution in [1.29, 1.82) is 0 Å². The SMILES string of the molecule is O=C(NC1CCN(C2CC2)CC1)c1cccc(Br)n1. The number of aromatic nitrogens is 1. The molecule has 1 amide bonds. The van der Waals surface area contributed by atoms with Crippen LogP contribution in [0.1, 0.15) is 36.2 Å². The standard InChI is InChI=1S/C14H18BrN3O/c15-13-3-1-2-12(17-13)14(19)16-10-6-8-18(9-7-10)11-4-5-11/h1-3,10-11H,4-9H2,(H,16,19). The van der Waals surface area contributed by atoms with E-state index in [1.54, 1.807) is 6.07 Å². The number of hydrogen-bond acceptors (Lipinski definition) is 3. The lowest BCUT2D eigenvalue weighted by molar-refractivity contribution is 0.0904. The predicted octanol–water partition coefficient (Wildman–Crippen LogP) is 2.20. The summed E-state index contributed by atoms with van der Waals surface area (Å²) in [6.07, 6.45) is 4.82. The first-order valence-electron chi connectivity index (χ1n) is 6.90. The molecule has 2 heterocycles. The molecule has 2 fully saturated rings. The summed E-state index contributed by atoms with van der Waals surface area (Å²) in [4.78, 5) is 18.8. The Hall–Kier alpha value is -0.940. The van der Waals surface area contributed by atoms with E-state index in [0.717, 1.165) is 32.0 Å². The van der Waals surface area contributed by atoms with Gasteiger partial charge in [-0.3, -0.25) is 4.79 Å². The molecule has 5 heteroatoms. The fourth-order valence-corrected chi connectivity index (χ4v) is 2.99. The third-order valence-electron chi connectivity index (χ3n) is 3.88. The van der Waals surface area contributed by atoms with Gasteiger partial charge in [0.15, 0.2) is 0 Å².